The average molecular weight is 489 g/mol. The van der Waals surface area contributed by atoms with Crippen LogP contribution in [-0.4, -0.2) is 33.8 Å². The molecule has 1 aromatic carbocycles. The Labute approximate surface area is 214 Å². The van der Waals surface area contributed by atoms with Crippen LogP contribution in [0.5, 0.6) is 0 Å². The van der Waals surface area contributed by atoms with Gasteiger partial charge in [-0.05, 0) is 85.0 Å². The Balaban J connectivity index is 1.41. The highest BCUT2D eigenvalue weighted by molar-refractivity contribution is 6.04. The molecule has 0 spiro atoms. The van der Waals surface area contributed by atoms with Crippen molar-refractivity contribution in [3.63, 3.8) is 0 Å². The molecule has 2 N–H and O–H groups in total. The van der Waals surface area contributed by atoms with Crippen LogP contribution in [-0.2, 0) is 5.41 Å². The summed E-state index contributed by atoms with van der Waals surface area (Å²) < 4.78 is 0. The largest absolute Gasteiger partial charge is 0.354 e. The van der Waals surface area contributed by atoms with E-state index in [0.29, 0.717) is 28.3 Å². The Kier molecular flexibility index (Phi) is 6.20. The zero-order valence-corrected chi connectivity index (χ0v) is 20.4. The number of anilines is 1. The Morgan fingerprint density at radius 2 is 1.65 bits per heavy atom. The number of rotatable bonds is 6. The van der Waals surface area contributed by atoms with E-state index in [9.17, 15) is 14.9 Å². The van der Waals surface area contributed by atoms with Crippen LogP contribution in [0.3, 0.4) is 0 Å². The first-order valence-corrected chi connectivity index (χ1v) is 11.9. The number of nitriles is 1. The SMILES string of the molecule is CNC(=O)c1cc(-c2cc(-c3cc(NC(=O)c4ccnc(C5(C#N)CC5)c4)ccc3C)ccn2)ccn1. The summed E-state index contributed by atoms with van der Waals surface area (Å²) in [6, 6.07) is 18.8. The first kappa shape index (κ1) is 23.8. The molecule has 4 aromatic rings. The quantitative estimate of drug-likeness (QED) is 0.406. The molecule has 1 fully saturated rings. The molecule has 1 aliphatic carbocycles. The van der Waals surface area contributed by atoms with E-state index in [4.69, 9.17) is 0 Å². The average Bonchev–Trinajstić information content (AvgIpc) is 3.75. The lowest BCUT2D eigenvalue weighted by molar-refractivity contribution is 0.0957. The Bertz CT molecular complexity index is 1570. The number of aromatic nitrogens is 3. The second-order valence-corrected chi connectivity index (χ2v) is 9.05. The molecule has 0 unspecified atom stereocenters. The molecule has 0 atom stereocenters. The molecule has 1 aliphatic rings. The van der Waals surface area contributed by atoms with Gasteiger partial charge in [-0.3, -0.25) is 24.5 Å². The summed E-state index contributed by atoms with van der Waals surface area (Å²) in [5.74, 6) is -0.528. The zero-order chi connectivity index (χ0) is 26.0. The van der Waals surface area contributed by atoms with Crippen LogP contribution < -0.4 is 10.6 Å². The summed E-state index contributed by atoms with van der Waals surface area (Å²) in [6.07, 6.45) is 6.42. The number of carbonyl (C=O) groups excluding carboxylic acids is 2. The normalized spacial score (nSPS) is 13.3. The second-order valence-electron chi connectivity index (χ2n) is 9.05. The van der Waals surface area contributed by atoms with Gasteiger partial charge in [-0.15, -0.1) is 0 Å². The number of hydrogen-bond donors (Lipinski definition) is 2. The molecule has 0 radical (unpaired) electrons. The maximum absolute atomic E-state index is 13.0. The summed E-state index contributed by atoms with van der Waals surface area (Å²) in [5, 5.41) is 15.0. The number of aryl methyl sites for hydroxylation is 1. The highest BCUT2D eigenvalue weighted by Gasteiger charge is 2.46. The lowest BCUT2D eigenvalue weighted by Crippen LogP contribution is -2.19. The van der Waals surface area contributed by atoms with Gasteiger partial charge in [-0.25, -0.2) is 0 Å². The summed E-state index contributed by atoms with van der Waals surface area (Å²) in [5.41, 5.74) is 5.90. The van der Waals surface area contributed by atoms with Crippen LogP contribution in [0.4, 0.5) is 5.69 Å². The summed E-state index contributed by atoms with van der Waals surface area (Å²) in [4.78, 5) is 37.9. The minimum Gasteiger partial charge on any atom is -0.354 e. The molecule has 182 valence electrons. The van der Waals surface area contributed by atoms with Crippen LogP contribution >= 0.6 is 0 Å². The Morgan fingerprint density at radius 3 is 2.41 bits per heavy atom. The van der Waals surface area contributed by atoms with E-state index >= 15 is 0 Å². The van der Waals surface area contributed by atoms with Crippen molar-refractivity contribution in [1.82, 2.24) is 20.3 Å². The molecule has 37 heavy (non-hydrogen) atoms. The Morgan fingerprint density at radius 1 is 0.892 bits per heavy atom. The fourth-order valence-electron chi connectivity index (χ4n) is 4.20. The van der Waals surface area contributed by atoms with Crippen molar-refractivity contribution in [2.24, 2.45) is 0 Å². The van der Waals surface area contributed by atoms with Crippen LogP contribution in [0.25, 0.3) is 22.4 Å². The van der Waals surface area contributed by atoms with Crippen molar-refractivity contribution in [2.75, 3.05) is 12.4 Å². The van der Waals surface area contributed by atoms with Gasteiger partial charge in [0.2, 0.25) is 0 Å². The van der Waals surface area contributed by atoms with Crippen molar-refractivity contribution in [3.05, 3.63) is 95.7 Å². The first-order valence-electron chi connectivity index (χ1n) is 11.9. The van der Waals surface area contributed by atoms with E-state index < -0.39 is 5.41 Å². The minimum atomic E-state index is -0.553. The number of benzene rings is 1. The van der Waals surface area contributed by atoms with Gasteiger partial charge >= 0.3 is 0 Å². The van der Waals surface area contributed by atoms with E-state index in [1.165, 1.54) is 0 Å². The first-order chi connectivity index (χ1) is 17.9. The number of nitrogens with one attached hydrogen (secondary N) is 2. The van der Waals surface area contributed by atoms with Gasteiger partial charge in [0, 0.05) is 42.5 Å². The van der Waals surface area contributed by atoms with E-state index in [-0.39, 0.29) is 11.8 Å². The van der Waals surface area contributed by atoms with E-state index in [1.807, 2.05) is 43.3 Å². The topological polar surface area (TPSA) is 121 Å². The van der Waals surface area contributed by atoms with Gasteiger partial charge in [0.15, 0.2) is 0 Å². The predicted octanol–water partition coefficient (Wildman–Crippen LogP) is 4.68. The van der Waals surface area contributed by atoms with Crippen LogP contribution in [0, 0.1) is 18.3 Å². The van der Waals surface area contributed by atoms with Gasteiger partial charge in [0.1, 0.15) is 5.69 Å². The summed E-state index contributed by atoms with van der Waals surface area (Å²) in [7, 11) is 1.56. The van der Waals surface area contributed by atoms with Crippen molar-refractivity contribution < 1.29 is 9.59 Å². The standard InChI is InChI=1S/C29H24N6O2/c1-18-3-4-22(35-27(36)21-7-12-34-26(15-21)29(17-30)8-9-29)16-23(18)19-5-10-32-24(13-19)20-6-11-33-25(14-20)28(37)31-2/h3-7,10-16H,8-9H2,1-2H3,(H,31,37)(H,35,36). The van der Waals surface area contributed by atoms with Crippen molar-refractivity contribution in [3.8, 4) is 28.5 Å². The molecule has 0 saturated heterocycles. The lowest BCUT2D eigenvalue weighted by atomic mass is 9.98. The van der Waals surface area contributed by atoms with Crippen molar-refractivity contribution >= 4 is 17.5 Å². The van der Waals surface area contributed by atoms with Gasteiger partial charge in [-0.1, -0.05) is 6.07 Å². The molecule has 0 bridgehead atoms. The Hall–Kier alpha value is -4.90. The lowest BCUT2D eigenvalue weighted by Gasteiger charge is -2.12. The minimum absolute atomic E-state index is 0.263. The maximum Gasteiger partial charge on any atom is 0.269 e. The fourth-order valence-corrected chi connectivity index (χ4v) is 4.20. The van der Waals surface area contributed by atoms with Crippen molar-refractivity contribution in [2.45, 2.75) is 25.2 Å². The van der Waals surface area contributed by atoms with E-state index in [0.717, 1.165) is 35.1 Å². The molecule has 5 rings (SSSR count). The number of carbonyl (C=O) groups is 2. The fraction of sp³-hybridized carbons (Fsp3) is 0.172. The van der Waals surface area contributed by atoms with E-state index in [1.54, 1.807) is 43.8 Å². The van der Waals surface area contributed by atoms with Crippen LogP contribution in [0.2, 0.25) is 0 Å². The number of amides is 2. The number of hydrogen-bond acceptors (Lipinski definition) is 6. The van der Waals surface area contributed by atoms with Crippen LogP contribution in [0.15, 0.2) is 73.2 Å². The van der Waals surface area contributed by atoms with Gasteiger partial charge in [0.25, 0.3) is 11.8 Å². The third-order valence-corrected chi connectivity index (χ3v) is 6.56. The third kappa shape index (κ3) is 4.80. The zero-order valence-electron chi connectivity index (χ0n) is 20.4. The molecule has 1 saturated carbocycles. The highest BCUT2D eigenvalue weighted by atomic mass is 16.2. The molecular weight excluding hydrogens is 464 g/mol. The molecule has 2 amide bonds. The van der Waals surface area contributed by atoms with Crippen molar-refractivity contribution in [1.29, 1.82) is 5.26 Å². The molecule has 8 nitrogen and oxygen atoms in total. The molecule has 0 aliphatic heterocycles. The predicted molar refractivity (Wildman–Crippen MR) is 140 cm³/mol. The molecule has 3 heterocycles. The number of pyridine rings is 3. The third-order valence-electron chi connectivity index (χ3n) is 6.56. The smallest absolute Gasteiger partial charge is 0.269 e. The van der Waals surface area contributed by atoms with Gasteiger partial charge < -0.3 is 10.6 Å². The maximum atomic E-state index is 13.0. The van der Waals surface area contributed by atoms with Crippen LogP contribution in [0.1, 0.15) is 44.9 Å². The summed E-state index contributed by atoms with van der Waals surface area (Å²) in [6.45, 7) is 2.00. The highest BCUT2D eigenvalue weighted by Crippen LogP contribution is 2.46. The summed E-state index contributed by atoms with van der Waals surface area (Å²) >= 11 is 0. The monoisotopic (exact) mass is 488 g/mol. The van der Waals surface area contributed by atoms with E-state index in [2.05, 4.69) is 31.7 Å². The van der Waals surface area contributed by atoms with Gasteiger partial charge in [-0.2, -0.15) is 5.26 Å². The second kappa shape index (κ2) is 9.63. The molecule has 8 heteroatoms. The van der Waals surface area contributed by atoms with Gasteiger partial charge in [0.05, 0.1) is 22.9 Å². The number of nitrogens with zero attached hydrogens (tertiary/aromatic N) is 4. The molecule has 3 aromatic heterocycles. The molecular formula is C29H24N6O2.